The third kappa shape index (κ3) is 1.94. The molecule has 0 aromatic heterocycles. The number of carboxylic acids is 1. The maximum absolute atomic E-state index is 10.9. The molecule has 1 aromatic carbocycles. The summed E-state index contributed by atoms with van der Waals surface area (Å²) in [7, 11) is 0. The summed E-state index contributed by atoms with van der Waals surface area (Å²) in [6.45, 7) is 3.27. The van der Waals surface area contributed by atoms with Gasteiger partial charge in [0.2, 0.25) is 0 Å². The van der Waals surface area contributed by atoms with Crippen LogP contribution in [0.3, 0.4) is 0 Å². The van der Waals surface area contributed by atoms with Crippen molar-refractivity contribution in [1.82, 2.24) is 0 Å². The Balaban J connectivity index is 3.25. The molecule has 0 saturated carbocycles. The molecular weight excluding hydrogens is 196 g/mol. The van der Waals surface area contributed by atoms with Gasteiger partial charge in [-0.15, -0.1) is 0 Å². The van der Waals surface area contributed by atoms with Gasteiger partial charge in [0.1, 0.15) is 5.75 Å². The lowest BCUT2D eigenvalue weighted by Crippen LogP contribution is -2.34. The molecule has 1 atom stereocenters. The molecule has 0 spiro atoms. The summed E-state index contributed by atoms with van der Waals surface area (Å²) in [4.78, 5) is 10.9. The van der Waals surface area contributed by atoms with E-state index in [1.54, 1.807) is 19.9 Å². The Kier molecular flexibility index (Phi) is 3.00. The Morgan fingerprint density at radius 1 is 1.47 bits per heavy atom. The summed E-state index contributed by atoms with van der Waals surface area (Å²) < 4.78 is 0. The third-order valence-corrected chi connectivity index (χ3v) is 2.55. The van der Waals surface area contributed by atoms with Crippen molar-refractivity contribution < 1.29 is 20.1 Å². The zero-order valence-electron chi connectivity index (χ0n) is 8.69. The van der Waals surface area contributed by atoms with Crippen LogP contribution in [0.2, 0.25) is 0 Å². The Bertz CT molecular complexity index is 386. The highest BCUT2D eigenvalue weighted by atomic mass is 16.4. The van der Waals surface area contributed by atoms with E-state index in [0.29, 0.717) is 5.56 Å². The maximum atomic E-state index is 10.9. The number of carbonyl (C=O) groups is 1. The van der Waals surface area contributed by atoms with Crippen LogP contribution in [0, 0.1) is 6.92 Å². The molecule has 0 radical (unpaired) electrons. The molecule has 0 fully saturated rings. The van der Waals surface area contributed by atoms with Crippen LogP contribution in [0.4, 0.5) is 0 Å². The SMILES string of the molecule is CCC(O)(C(=O)O)c1ccc(C)c(O)c1. The van der Waals surface area contributed by atoms with E-state index in [0.717, 1.165) is 0 Å². The quantitative estimate of drug-likeness (QED) is 0.704. The van der Waals surface area contributed by atoms with Crippen LogP contribution < -0.4 is 0 Å². The number of aliphatic hydroxyl groups is 1. The van der Waals surface area contributed by atoms with Gasteiger partial charge in [-0.1, -0.05) is 19.1 Å². The van der Waals surface area contributed by atoms with Crippen molar-refractivity contribution in [3.8, 4) is 5.75 Å². The standard InChI is InChI=1S/C11H14O4/c1-3-11(15,10(13)14)8-5-4-7(2)9(12)6-8/h4-6,12,15H,3H2,1-2H3,(H,13,14). The first-order valence-corrected chi connectivity index (χ1v) is 4.67. The molecule has 4 nitrogen and oxygen atoms in total. The summed E-state index contributed by atoms with van der Waals surface area (Å²) in [5.74, 6) is -1.33. The Hall–Kier alpha value is -1.55. The number of aryl methyl sites for hydroxylation is 1. The van der Waals surface area contributed by atoms with Crippen molar-refractivity contribution in [3.05, 3.63) is 29.3 Å². The average molecular weight is 210 g/mol. The number of rotatable bonds is 3. The summed E-state index contributed by atoms with van der Waals surface area (Å²) >= 11 is 0. The number of carboxylic acid groups (broad SMARTS) is 1. The lowest BCUT2D eigenvalue weighted by atomic mass is 9.90. The molecule has 0 aliphatic rings. The molecule has 1 unspecified atom stereocenters. The Morgan fingerprint density at radius 2 is 2.07 bits per heavy atom. The summed E-state index contributed by atoms with van der Waals surface area (Å²) in [5, 5.41) is 28.2. The normalized spacial score (nSPS) is 14.6. The number of aromatic hydroxyl groups is 1. The molecule has 82 valence electrons. The molecule has 0 amide bonds. The second-order valence-corrected chi connectivity index (χ2v) is 3.52. The van der Waals surface area contributed by atoms with Crippen LogP contribution in [0.25, 0.3) is 0 Å². The minimum absolute atomic E-state index is 0.0133. The van der Waals surface area contributed by atoms with Crippen molar-refractivity contribution in [2.24, 2.45) is 0 Å². The largest absolute Gasteiger partial charge is 0.508 e. The van der Waals surface area contributed by atoms with E-state index < -0.39 is 11.6 Å². The van der Waals surface area contributed by atoms with Gasteiger partial charge in [-0.25, -0.2) is 4.79 Å². The Morgan fingerprint density at radius 3 is 2.47 bits per heavy atom. The second-order valence-electron chi connectivity index (χ2n) is 3.52. The molecule has 4 heteroatoms. The van der Waals surface area contributed by atoms with E-state index in [4.69, 9.17) is 5.11 Å². The minimum Gasteiger partial charge on any atom is -0.508 e. The first-order valence-electron chi connectivity index (χ1n) is 4.67. The molecular formula is C11H14O4. The van der Waals surface area contributed by atoms with E-state index in [1.807, 2.05) is 0 Å². The number of benzene rings is 1. The van der Waals surface area contributed by atoms with Gasteiger partial charge >= 0.3 is 5.97 Å². The lowest BCUT2D eigenvalue weighted by Gasteiger charge is -2.22. The van der Waals surface area contributed by atoms with Gasteiger partial charge in [-0.2, -0.15) is 0 Å². The molecule has 0 bridgehead atoms. The van der Waals surface area contributed by atoms with Gasteiger partial charge in [0, 0.05) is 0 Å². The first kappa shape index (κ1) is 11.5. The van der Waals surface area contributed by atoms with Gasteiger partial charge < -0.3 is 15.3 Å². The van der Waals surface area contributed by atoms with E-state index in [9.17, 15) is 15.0 Å². The highest BCUT2D eigenvalue weighted by Crippen LogP contribution is 2.29. The van der Waals surface area contributed by atoms with Crippen molar-refractivity contribution in [3.63, 3.8) is 0 Å². The topological polar surface area (TPSA) is 77.8 Å². The zero-order chi connectivity index (χ0) is 11.6. The maximum Gasteiger partial charge on any atom is 0.340 e. The molecule has 15 heavy (non-hydrogen) atoms. The molecule has 1 rings (SSSR count). The average Bonchev–Trinajstić information content (AvgIpc) is 2.20. The molecule has 1 aromatic rings. The molecule has 0 heterocycles. The zero-order valence-corrected chi connectivity index (χ0v) is 8.69. The minimum atomic E-state index is -1.93. The van der Waals surface area contributed by atoms with Crippen molar-refractivity contribution in [2.75, 3.05) is 0 Å². The number of hydrogen-bond acceptors (Lipinski definition) is 3. The van der Waals surface area contributed by atoms with Gasteiger partial charge in [0.15, 0.2) is 5.60 Å². The fourth-order valence-corrected chi connectivity index (χ4v) is 1.35. The van der Waals surface area contributed by atoms with Crippen LogP contribution in [-0.2, 0) is 10.4 Å². The monoisotopic (exact) mass is 210 g/mol. The van der Waals surface area contributed by atoms with Crippen LogP contribution in [0.15, 0.2) is 18.2 Å². The van der Waals surface area contributed by atoms with E-state index >= 15 is 0 Å². The van der Waals surface area contributed by atoms with Crippen molar-refractivity contribution in [2.45, 2.75) is 25.9 Å². The highest BCUT2D eigenvalue weighted by Gasteiger charge is 2.36. The number of phenols is 1. The van der Waals surface area contributed by atoms with Crippen LogP contribution in [0.5, 0.6) is 5.75 Å². The fourth-order valence-electron chi connectivity index (χ4n) is 1.35. The number of aliphatic carboxylic acids is 1. The lowest BCUT2D eigenvalue weighted by molar-refractivity contribution is -0.160. The van der Waals surface area contributed by atoms with Gasteiger partial charge in [-0.3, -0.25) is 0 Å². The van der Waals surface area contributed by atoms with Gasteiger partial charge in [0.05, 0.1) is 0 Å². The van der Waals surface area contributed by atoms with E-state index in [-0.39, 0.29) is 17.7 Å². The van der Waals surface area contributed by atoms with Crippen LogP contribution in [-0.4, -0.2) is 21.3 Å². The predicted molar refractivity (Wildman–Crippen MR) is 54.7 cm³/mol. The van der Waals surface area contributed by atoms with Crippen molar-refractivity contribution in [1.29, 1.82) is 0 Å². The smallest absolute Gasteiger partial charge is 0.340 e. The number of phenolic OH excluding ortho intramolecular Hbond substituents is 1. The first-order chi connectivity index (χ1) is 6.91. The second kappa shape index (κ2) is 3.90. The van der Waals surface area contributed by atoms with Crippen molar-refractivity contribution >= 4 is 5.97 Å². The predicted octanol–water partition coefficient (Wildman–Crippen LogP) is 1.38. The number of hydrogen-bond donors (Lipinski definition) is 3. The van der Waals surface area contributed by atoms with Gasteiger partial charge in [-0.05, 0) is 30.5 Å². The Labute approximate surface area is 87.8 Å². The highest BCUT2D eigenvalue weighted by molar-refractivity contribution is 5.79. The summed E-state index contributed by atoms with van der Waals surface area (Å²) in [5.41, 5.74) is -1.09. The molecule has 0 aliphatic carbocycles. The van der Waals surface area contributed by atoms with Crippen LogP contribution >= 0.6 is 0 Å². The summed E-state index contributed by atoms with van der Waals surface area (Å²) in [6, 6.07) is 4.37. The fraction of sp³-hybridized carbons (Fsp3) is 0.364. The molecule has 3 N–H and O–H groups in total. The van der Waals surface area contributed by atoms with Crippen LogP contribution in [0.1, 0.15) is 24.5 Å². The molecule has 0 saturated heterocycles. The van der Waals surface area contributed by atoms with Gasteiger partial charge in [0.25, 0.3) is 0 Å². The third-order valence-electron chi connectivity index (χ3n) is 2.55. The summed E-state index contributed by atoms with van der Waals surface area (Å²) in [6.07, 6.45) is 0.0465. The van der Waals surface area contributed by atoms with E-state index in [2.05, 4.69) is 0 Å². The van der Waals surface area contributed by atoms with E-state index in [1.165, 1.54) is 12.1 Å². The molecule has 0 aliphatic heterocycles.